The summed E-state index contributed by atoms with van der Waals surface area (Å²) >= 11 is 3.52. The molecular weight excluding hydrogens is 290 g/mol. The topological polar surface area (TPSA) is 35.2 Å². The maximum Gasteiger partial charge on any atom is 0.149 e. The molecule has 0 bridgehead atoms. The number of benzene rings is 1. The highest BCUT2D eigenvalue weighted by Gasteiger charge is 2.11. The van der Waals surface area contributed by atoms with Gasteiger partial charge in [-0.15, -0.1) is 5.92 Å². The van der Waals surface area contributed by atoms with Crippen LogP contribution >= 0.6 is 15.9 Å². The lowest BCUT2D eigenvalue weighted by Crippen LogP contribution is -2.22. The van der Waals surface area contributed by atoms with Crippen molar-refractivity contribution in [2.24, 2.45) is 5.73 Å². The monoisotopic (exact) mass is 309 g/mol. The number of rotatable bonds is 5. The fourth-order valence-electron chi connectivity index (χ4n) is 1.76. The highest BCUT2D eigenvalue weighted by molar-refractivity contribution is 9.10. The van der Waals surface area contributed by atoms with Gasteiger partial charge in [0.15, 0.2) is 0 Å². The van der Waals surface area contributed by atoms with Crippen LogP contribution in [-0.4, -0.2) is 12.6 Å². The van der Waals surface area contributed by atoms with Crippen LogP contribution in [0, 0.1) is 18.8 Å². The molecule has 0 aliphatic heterocycles. The standard InChI is InChI=1S/C15H20BrNO/c1-4-6-7-18-15-11(3)8-13(16)9-12(15)10-14(17)5-2/h8-9,14H,5,7,10,17H2,1-3H3. The van der Waals surface area contributed by atoms with E-state index in [0.717, 1.165) is 34.2 Å². The third-order valence-corrected chi connectivity index (χ3v) is 3.25. The van der Waals surface area contributed by atoms with Gasteiger partial charge in [-0.05, 0) is 49.9 Å². The van der Waals surface area contributed by atoms with Gasteiger partial charge in [-0.1, -0.05) is 28.8 Å². The number of hydrogen-bond acceptors (Lipinski definition) is 2. The van der Waals surface area contributed by atoms with Crippen molar-refractivity contribution in [2.45, 2.75) is 39.7 Å². The number of hydrogen-bond donors (Lipinski definition) is 1. The minimum atomic E-state index is 0.165. The molecule has 3 heteroatoms. The van der Waals surface area contributed by atoms with Crippen molar-refractivity contribution < 1.29 is 4.74 Å². The zero-order valence-electron chi connectivity index (χ0n) is 11.2. The Bertz CT molecular complexity index is 460. The van der Waals surface area contributed by atoms with E-state index in [1.165, 1.54) is 0 Å². The molecule has 0 heterocycles. The van der Waals surface area contributed by atoms with E-state index in [9.17, 15) is 0 Å². The molecule has 1 rings (SSSR count). The first-order valence-corrected chi connectivity index (χ1v) is 6.94. The Morgan fingerprint density at radius 2 is 2.17 bits per heavy atom. The van der Waals surface area contributed by atoms with E-state index in [-0.39, 0.29) is 6.04 Å². The zero-order chi connectivity index (χ0) is 13.5. The zero-order valence-corrected chi connectivity index (χ0v) is 12.8. The van der Waals surface area contributed by atoms with Gasteiger partial charge in [0.1, 0.15) is 12.4 Å². The Morgan fingerprint density at radius 3 is 2.78 bits per heavy atom. The summed E-state index contributed by atoms with van der Waals surface area (Å²) in [7, 11) is 0. The third-order valence-electron chi connectivity index (χ3n) is 2.79. The molecule has 0 amide bonds. The summed E-state index contributed by atoms with van der Waals surface area (Å²) in [5, 5.41) is 0. The van der Waals surface area contributed by atoms with Crippen LogP contribution in [-0.2, 0) is 6.42 Å². The summed E-state index contributed by atoms with van der Waals surface area (Å²) in [6, 6.07) is 4.30. The highest BCUT2D eigenvalue weighted by atomic mass is 79.9. The van der Waals surface area contributed by atoms with Gasteiger partial charge in [0.25, 0.3) is 0 Å². The van der Waals surface area contributed by atoms with E-state index in [1.54, 1.807) is 0 Å². The Morgan fingerprint density at radius 1 is 1.44 bits per heavy atom. The average Bonchev–Trinajstić information content (AvgIpc) is 2.32. The van der Waals surface area contributed by atoms with Gasteiger partial charge in [-0.3, -0.25) is 0 Å². The summed E-state index contributed by atoms with van der Waals surface area (Å²) in [5.41, 5.74) is 8.29. The van der Waals surface area contributed by atoms with Crippen LogP contribution < -0.4 is 10.5 Å². The number of ether oxygens (including phenoxy) is 1. The normalized spacial score (nSPS) is 11.6. The van der Waals surface area contributed by atoms with Crippen molar-refractivity contribution in [3.63, 3.8) is 0 Å². The largest absolute Gasteiger partial charge is 0.480 e. The van der Waals surface area contributed by atoms with E-state index in [2.05, 4.69) is 46.8 Å². The molecular formula is C15H20BrNO. The molecule has 1 aromatic carbocycles. The third kappa shape index (κ3) is 4.36. The van der Waals surface area contributed by atoms with Crippen LogP contribution in [0.3, 0.4) is 0 Å². The van der Waals surface area contributed by atoms with Crippen LogP contribution in [0.25, 0.3) is 0 Å². The maximum absolute atomic E-state index is 6.03. The lowest BCUT2D eigenvalue weighted by Gasteiger charge is -2.16. The molecule has 0 fully saturated rings. The molecule has 0 spiro atoms. The first-order valence-electron chi connectivity index (χ1n) is 6.15. The van der Waals surface area contributed by atoms with Crippen LogP contribution in [0.2, 0.25) is 0 Å². The second kappa shape index (κ2) is 7.45. The Labute approximate surface area is 118 Å². The Hall–Kier alpha value is -0.980. The van der Waals surface area contributed by atoms with E-state index in [0.29, 0.717) is 6.61 Å². The van der Waals surface area contributed by atoms with Crippen LogP contribution in [0.4, 0.5) is 0 Å². The number of aryl methyl sites for hydroxylation is 1. The summed E-state index contributed by atoms with van der Waals surface area (Å²) in [6.45, 7) is 6.37. The molecule has 2 N–H and O–H groups in total. The summed E-state index contributed by atoms with van der Waals surface area (Å²) < 4.78 is 6.82. The first kappa shape index (κ1) is 15.1. The molecule has 0 radical (unpaired) electrons. The predicted molar refractivity (Wildman–Crippen MR) is 79.8 cm³/mol. The van der Waals surface area contributed by atoms with Crippen molar-refractivity contribution in [2.75, 3.05) is 6.61 Å². The summed E-state index contributed by atoms with van der Waals surface area (Å²) in [4.78, 5) is 0. The molecule has 0 aromatic heterocycles. The molecule has 18 heavy (non-hydrogen) atoms. The smallest absolute Gasteiger partial charge is 0.149 e. The predicted octanol–water partition coefficient (Wildman–Crippen LogP) is 3.44. The summed E-state index contributed by atoms with van der Waals surface area (Å²) in [6.07, 6.45) is 1.78. The Kier molecular flexibility index (Phi) is 6.24. The highest BCUT2D eigenvalue weighted by Crippen LogP contribution is 2.29. The van der Waals surface area contributed by atoms with E-state index < -0.39 is 0 Å². The second-order valence-corrected chi connectivity index (χ2v) is 5.21. The van der Waals surface area contributed by atoms with E-state index in [4.69, 9.17) is 10.5 Å². The van der Waals surface area contributed by atoms with Crippen molar-refractivity contribution in [3.8, 4) is 17.6 Å². The van der Waals surface area contributed by atoms with Gasteiger partial charge in [0, 0.05) is 10.5 Å². The minimum absolute atomic E-state index is 0.165. The van der Waals surface area contributed by atoms with E-state index in [1.807, 2.05) is 13.8 Å². The fourth-order valence-corrected chi connectivity index (χ4v) is 2.38. The van der Waals surface area contributed by atoms with Crippen molar-refractivity contribution >= 4 is 15.9 Å². The van der Waals surface area contributed by atoms with Crippen LogP contribution in [0.5, 0.6) is 5.75 Å². The lowest BCUT2D eigenvalue weighted by molar-refractivity contribution is 0.362. The first-order chi connectivity index (χ1) is 8.58. The molecule has 1 unspecified atom stereocenters. The van der Waals surface area contributed by atoms with Crippen LogP contribution in [0.15, 0.2) is 16.6 Å². The van der Waals surface area contributed by atoms with Gasteiger partial charge >= 0.3 is 0 Å². The Balaban J connectivity index is 2.99. The fraction of sp³-hybridized carbons (Fsp3) is 0.467. The van der Waals surface area contributed by atoms with E-state index >= 15 is 0 Å². The van der Waals surface area contributed by atoms with Gasteiger partial charge in [0.05, 0.1) is 0 Å². The van der Waals surface area contributed by atoms with Crippen LogP contribution in [0.1, 0.15) is 31.4 Å². The lowest BCUT2D eigenvalue weighted by atomic mass is 10.0. The molecule has 0 aliphatic rings. The molecule has 1 aromatic rings. The number of nitrogens with two attached hydrogens (primary N) is 1. The molecule has 0 saturated carbocycles. The van der Waals surface area contributed by atoms with Crippen molar-refractivity contribution in [1.82, 2.24) is 0 Å². The van der Waals surface area contributed by atoms with Gasteiger partial charge in [-0.25, -0.2) is 0 Å². The quantitative estimate of drug-likeness (QED) is 0.846. The molecule has 0 aliphatic carbocycles. The van der Waals surface area contributed by atoms with Gasteiger partial charge in [-0.2, -0.15) is 0 Å². The number of halogens is 1. The molecule has 0 saturated heterocycles. The molecule has 98 valence electrons. The maximum atomic E-state index is 6.03. The molecule has 2 nitrogen and oxygen atoms in total. The second-order valence-electron chi connectivity index (χ2n) is 4.30. The van der Waals surface area contributed by atoms with Gasteiger partial charge < -0.3 is 10.5 Å². The SMILES string of the molecule is CC#CCOc1c(C)cc(Br)cc1CC(N)CC. The van der Waals surface area contributed by atoms with Crippen molar-refractivity contribution in [1.29, 1.82) is 0 Å². The van der Waals surface area contributed by atoms with Crippen molar-refractivity contribution in [3.05, 3.63) is 27.7 Å². The minimum Gasteiger partial charge on any atom is -0.480 e. The van der Waals surface area contributed by atoms with Gasteiger partial charge in [0.2, 0.25) is 0 Å². The molecule has 1 atom stereocenters. The average molecular weight is 310 g/mol. The summed E-state index contributed by atoms with van der Waals surface area (Å²) in [5.74, 6) is 6.67.